The quantitative estimate of drug-likeness (QED) is 0.861. The fraction of sp³-hybridized carbons (Fsp3) is 0.571. The molecule has 1 fully saturated rings. The van der Waals surface area contributed by atoms with Crippen LogP contribution in [0, 0.1) is 0 Å². The number of benzene rings is 1. The van der Waals surface area contributed by atoms with E-state index in [-0.39, 0.29) is 0 Å². The van der Waals surface area contributed by atoms with Crippen molar-refractivity contribution < 1.29 is 0 Å². The van der Waals surface area contributed by atoms with Gasteiger partial charge in [0.1, 0.15) is 0 Å². The summed E-state index contributed by atoms with van der Waals surface area (Å²) in [5.74, 6) is 0. The van der Waals surface area contributed by atoms with E-state index in [2.05, 4.69) is 11.6 Å². The van der Waals surface area contributed by atoms with Crippen molar-refractivity contribution in [3.05, 3.63) is 33.8 Å². The van der Waals surface area contributed by atoms with Crippen molar-refractivity contribution >= 4 is 35.0 Å². The molecule has 2 atom stereocenters. The van der Waals surface area contributed by atoms with Gasteiger partial charge < -0.3 is 5.32 Å². The summed E-state index contributed by atoms with van der Waals surface area (Å²) in [5.41, 5.74) is 1.20. The smallest absolute Gasteiger partial charge is 0.0595 e. The Labute approximate surface area is 124 Å². The Kier molecular flexibility index (Phi) is 5.68. The largest absolute Gasteiger partial charge is 0.309 e. The Morgan fingerprint density at radius 1 is 1.22 bits per heavy atom. The lowest BCUT2D eigenvalue weighted by Gasteiger charge is -2.31. The van der Waals surface area contributed by atoms with Crippen molar-refractivity contribution in [1.29, 1.82) is 0 Å². The monoisotopic (exact) mass is 303 g/mol. The molecule has 2 unspecified atom stereocenters. The molecule has 0 amide bonds. The first-order valence-corrected chi connectivity index (χ1v) is 8.45. The van der Waals surface area contributed by atoms with Crippen LogP contribution in [-0.4, -0.2) is 17.5 Å². The Morgan fingerprint density at radius 2 is 2.00 bits per heavy atom. The van der Waals surface area contributed by atoms with E-state index in [4.69, 9.17) is 23.2 Å². The van der Waals surface area contributed by atoms with Crippen LogP contribution in [0.25, 0.3) is 0 Å². The first kappa shape index (κ1) is 14.5. The second kappa shape index (κ2) is 7.04. The molecular formula is C14H19Cl2NS. The van der Waals surface area contributed by atoms with Crippen LogP contribution in [0.4, 0.5) is 0 Å². The van der Waals surface area contributed by atoms with E-state index < -0.39 is 0 Å². The van der Waals surface area contributed by atoms with Gasteiger partial charge in [-0.1, -0.05) is 42.1 Å². The molecule has 0 saturated heterocycles. The first-order chi connectivity index (χ1) is 8.70. The topological polar surface area (TPSA) is 12.0 Å². The lowest BCUT2D eigenvalue weighted by atomic mass is 9.94. The highest BCUT2D eigenvalue weighted by atomic mass is 35.5. The van der Waals surface area contributed by atoms with Crippen LogP contribution in [0.3, 0.4) is 0 Å². The summed E-state index contributed by atoms with van der Waals surface area (Å²) in [5, 5.41) is 5.68. The average Bonchev–Trinajstić information content (AvgIpc) is 2.40. The molecule has 1 nitrogen and oxygen atoms in total. The van der Waals surface area contributed by atoms with E-state index in [0.717, 1.165) is 11.8 Å². The molecule has 0 heterocycles. The van der Waals surface area contributed by atoms with Crippen LogP contribution in [-0.2, 0) is 6.54 Å². The van der Waals surface area contributed by atoms with Gasteiger partial charge in [-0.05, 0) is 36.8 Å². The number of hydrogen-bond donors (Lipinski definition) is 1. The summed E-state index contributed by atoms with van der Waals surface area (Å²) in [6.07, 6.45) is 7.55. The molecule has 1 aliphatic carbocycles. The van der Waals surface area contributed by atoms with Gasteiger partial charge in [0.2, 0.25) is 0 Å². The number of halogens is 2. The fourth-order valence-electron chi connectivity index (χ4n) is 2.51. The Hall–Kier alpha value is 0.110. The molecule has 4 heteroatoms. The second-order valence-corrected chi connectivity index (χ2v) is 6.69. The van der Waals surface area contributed by atoms with Gasteiger partial charge in [0.05, 0.1) is 10.0 Å². The van der Waals surface area contributed by atoms with Gasteiger partial charge in [-0.25, -0.2) is 0 Å². The third-order valence-corrected chi connectivity index (χ3v) is 5.47. The van der Waals surface area contributed by atoms with Gasteiger partial charge in [-0.2, -0.15) is 11.8 Å². The summed E-state index contributed by atoms with van der Waals surface area (Å²) in [6.45, 7) is 0.874. The molecule has 18 heavy (non-hydrogen) atoms. The molecule has 1 N–H and O–H groups in total. The molecule has 1 aromatic rings. The molecule has 0 spiro atoms. The molecule has 0 radical (unpaired) electrons. The molecule has 1 aromatic carbocycles. The minimum Gasteiger partial charge on any atom is -0.309 e. The molecule has 1 saturated carbocycles. The minimum absolute atomic E-state index is 0.625. The summed E-state index contributed by atoms with van der Waals surface area (Å²) in [7, 11) is 0. The summed E-state index contributed by atoms with van der Waals surface area (Å²) in [4.78, 5) is 0. The van der Waals surface area contributed by atoms with E-state index in [9.17, 15) is 0 Å². The summed E-state index contributed by atoms with van der Waals surface area (Å²) < 4.78 is 0. The lowest BCUT2D eigenvalue weighted by molar-refractivity contribution is 0.383. The first-order valence-electron chi connectivity index (χ1n) is 6.41. The number of rotatable bonds is 4. The van der Waals surface area contributed by atoms with Crippen molar-refractivity contribution in [3.8, 4) is 0 Å². The van der Waals surface area contributed by atoms with Gasteiger partial charge in [0.25, 0.3) is 0 Å². The number of thioether (sulfide) groups is 1. The Balaban J connectivity index is 1.91. The molecule has 1 aliphatic rings. The third kappa shape index (κ3) is 3.80. The highest BCUT2D eigenvalue weighted by molar-refractivity contribution is 7.99. The highest BCUT2D eigenvalue weighted by Gasteiger charge is 2.23. The predicted octanol–water partition coefficient (Wildman–Crippen LogP) is 4.76. The van der Waals surface area contributed by atoms with Gasteiger partial charge >= 0.3 is 0 Å². The maximum absolute atomic E-state index is 6.03. The van der Waals surface area contributed by atoms with Crippen LogP contribution >= 0.6 is 35.0 Å². The van der Waals surface area contributed by atoms with Crippen LogP contribution < -0.4 is 5.32 Å². The van der Waals surface area contributed by atoms with Crippen molar-refractivity contribution in [1.82, 2.24) is 5.32 Å². The van der Waals surface area contributed by atoms with E-state index in [1.54, 1.807) is 0 Å². The number of hydrogen-bond acceptors (Lipinski definition) is 2. The fourth-order valence-corrected chi connectivity index (χ4v) is 3.79. The standard InChI is InChI=1S/C14H19Cl2NS/c1-18-14-5-3-2-4-13(14)17-9-10-6-7-11(15)12(16)8-10/h6-8,13-14,17H,2-5,9H2,1H3. The normalized spacial score (nSPS) is 24.2. The summed E-state index contributed by atoms with van der Waals surface area (Å²) >= 11 is 13.9. The van der Waals surface area contributed by atoms with Crippen LogP contribution in [0.15, 0.2) is 18.2 Å². The van der Waals surface area contributed by atoms with Crippen molar-refractivity contribution in [2.45, 2.75) is 43.5 Å². The highest BCUT2D eigenvalue weighted by Crippen LogP contribution is 2.28. The zero-order valence-electron chi connectivity index (χ0n) is 10.6. The van der Waals surface area contributed by atoms with Gasteiger partial charge in [0.15, 0.2) is 0 Å². The lowest BCUT2D eigenvalue weighted by Crippen LogP contribution is -2.39. The Bertz CT molecular complexity index is 397. The second-order valence-electron chi connectivity index (χ2n) is 4.79. The van der Waals surface area contributed by atoms with Crippen LogP contribution in [0.1, 0.15) is 31.2 Å². The zero-order valence-corrected chi connectivity index (χ0v) is 12.9. The molecule has 2 rings (SSSR count). The maximum atomic E-state index is 6.03. The molecule has 0 bridgehead atoms. The van der Waals surface area contributed by atoms with Crippen LogP contribution in [0.2, 0.25) is 10.0 Å². The van der Waals surface area contributed by atoms with E-state index in [1.165, 1.54) is 31.2 Å². The van der Waals surface area contributed by atoms with Crippen molar-refractivity contribution in [2.75, 3.05) is 6.26 Å². The summed E-state index contributed by atoms with van der Waals surface area (Å²) in [6, 6.07) is 6.49. The maximum Gasteiger partial charge on any atom is 0.0595 e. The van der Waals surface area contributed by atoms with E-state index >= 15 is 0 Å². The third-order valence-electron chi connectivity index (χ3n) is 3.56. The zero-order chi connectivity index (χ0) is 13.0. The Morgan fingerprint density at radius 3 is 2.72 bits per heavy atom. The van der Waals surface area contributed by atoms with Gasteiger partial charge in [-0.3, -0.25) is 0 Å². The minimum atomic E-state index is 0.625. The van der Waals surface area contributed by atoms with E-state index in [1.807, 2.05) is 30.0 Å². The van der Waals surface area contributed by atoms with Gasteiger partial charge in [0, 0.05) is 17.8 Å². The number of nitrogens with one attached hydrogen (secondary N) is 1. The van der Waals surface area contributed by atoms with Crippen LogP contribution in [0.5, 0.6) is 0 Å². The molecule has 0 aliphatic heterocycles. The predicted molar refractivity (Wildman–Crippen MR) is 82.9 cm³/mol. The SMILES string of the molecule is CSC1CCCCC1NCc1ccc(Cl)c(Cl)c1. The van der Waals surface area contributed by atoms with Crippen molar-refractivity contribution in [2.24, 2.45) is 0 Å². The van der Waals surface area contributed by atoms with Crippen molar-refractivity contribution in [3.63, 3.8) is 0 Å². The van der Waals surface area contributed by atoms with E-state index in [0.29, 0.717) is 16.1 Å². The van der Waals surface area contributed by atoms with Gasteiger partial charge in [-0.15, -0.1) is 0 Å². The average molecular weight is 304 g/mol. The molecular weight excluding hydrogens is 285 g/mol. The molecule has 100 valence electrons. The molecule has 0 aromatic heterocycles.